The molecule has 0 unspecified atom stereocenters. The Labute approximate surface area is 90.0 Å². The first kappa shape index (κ1) is 11.8. The average Bonchev–Trinajstić information content (AvgIpc) is 2.25. The highest BCUT2D eigenvalue weighted by molar-refractivity contribution is 5.54. The standard InChI is InChI=1S/C9H7N2O5/c12-5-1-2-7-3-4-8(10(13)14)6-9(7)11(15)16/h3-4,6H,1-2H2. The van der Waals surface area contributed by atoms with Crippen LogP contribution in [0.5, 0.6) is 0 Å². The molecule has 0 aliphatic rings. The molecule has 0 spiro atoms. The van der Waals surface area contributed by atoms with Gasteiger partial charge in [-0.3, -0.25) is 25.0 Å². The minimum Gasteiger partial charge on any atom is -0.291 e. The Balaban J connectivity index is 3.13. The molecule has 7 nitrogen and oxygen atoms in total. The van der Waals surface area contributed by atoms with Crippen LogP contribution in [0.15, 0.2) is 18.2 Å². The predicted molar refractivity (Wildman–Crippen MR) is 53.8 cm³/mol. The molecule has 0 aliphatic carbocycles. The van der Waals surface area contributed by atoms with Crippen molar-refractivity contribution in [2.75, 3.05) is 0 Å². The van der Waals surface area contributed by atoms with Crippen molar-refractivity contribution < 1.29 is 14.6 Å². The van der Waals surface area contributed by atoms with Gasteiger partial charge in [0.05, 0.1) is 15.9 Å². The summed E-state index contributed by atoms with van der Waals surface area (Å²) in [5, 5.41) is 21.1. The molecule has 0 fully saturated rings. The van der Waals surface area contributed by atoms with Gasteiger partial charge in [-0.25, -0.2) is 0 Å². The Morgan fingerprint density at radius 1 is 1.19 bits per heavy atom. The van der Waals surface area contributed by atoms with Crippen LogP contribution in [-0.4, -0.2) is 16.1 Å². The van der Waals surface area contributed by atoms with Gasteiger partial charge < -0.3 is 0 Å². The maximum atomic E-state index is 10.6. The van der Waals surface area contributed by atoms with Gasteiger partial charge in [-0.1, -0.05) is 0 Å². The lowest BCUT2D eigenvalue weighted by Crippen LogP contribution is -1.98. The van der Waals surface area contributed by atoms with E-state index in [2.05, 4.69) is 0 Å². The number of nitro groups is 2. The second-order valence-electron chi connectivity index (χ2n) is 2.97. The molecule has 1 rings (SSSR count). The van der Waals surface area contributed by atoms with E-state index in [-0.39, 0.29) is 24.2 Å². The Kier molecular flexibility index (Phi) is 3.65. The van der Waals surface area contributed by atoms with E-state index in [9.17, 15) is 25.0 Å². The van der Waals surface area contributed by atoms with Crippen LogP contribution >= 0.6 is 0 Å². The topological polar surface area (TPSA) is 103 Å². The van der Waals surface area contributed by atoms with Crippen molar-refractivity contribution >= 4 is 17.7 Å². The molecule has 0 amide bonds. The van der Waals surface area contributed by atoms with Gasteiger partial charge in [0.25, 0.3) is 11.4 Å². The predicted octanol–water partition coefficient (Wildman–Crippen LogP) is 1.55. The summed E-state index contributed by atoms with van der Waals surface area (Å²) in [4.78, 5) is 29.7. The zero-order valence-electron chi connectivity index (χ0n) is 8.08. The molecule has 1 radical (unpaired) electrons. The molecule has 16 heavy (non-hydrogen) atoms. The highest BCUT2D eigenvalue weighted by Crippen LogP contribution is 2.25. The molecule has 0 N–H and O–H groups in total. The molecule has 0 bridgehead atoms. The van der Waals surface area contributed by atoms with Gasteiger partial charge in [0.15, 0.2) is 6.29 Å². The van der Waals surface area contributed by atoms with E-state index < -0.39 is 9.85 Å². The van der Waals surface area contributed by atoms with Crippen LogP contribution in [-0.2, 0) is 11.2 Å². The number of rotatable bonds is 5. The van der Waals surface area contributed by atoms with Crippen LogP contribution < -0.4 is 0 Å². The van der Waals surface area contributed by atoms with Crippen LogP contribution in [0.1, 0.15) is 12.0 Å². The second-order valence-corrected chi connectivity index (χ2v) is 2.97. The van der Waals surface area contributed by atoms with Gasteiger partial charge in [0.2, 0.25) is 0 Å². The van der Waals surface area contributed by atoms with Crippen LogP contribution in [0.2, 0.25) is 0 Å². The molecule has 83 valence electrons. The number of nitrogens with zero attached hydrogens (tertiary/aromatic N) is 2. The van der Waals surface area contributed by atoms with E-state index in [1.54, 1.807) is 6.29 Å². The highest BCUT2D eigenvalue weighted by Gasteiger charge is 2.18. The molecule has 7 heteroatoms. The summed E-state index contributed by atoms with van der Waals surface area (Å²) in [6.07, 6.45) is 1.79. The van der Waals surface area contributed by atoms with Gasteiger partial charge in [-0.05, 0) is 12.5 Å². The van der Waals surface area contributed by atoms with Crippen LogP contribution in [0.3, 0.4) is 0 Å². The molecule has 0 atom stereocenters. The minimum atomic E-state index is -0.706. The number of aryl methyl sites for hydroxylation is 1. The van der Waals surface area contributed by atoms with Gasteiger partial charge in [0, 0.05) is 18.1 Å². The summed E-state index contributed by atoms with van der Waals surface area (Å²) in [6, 6.07) is 3.35. The smallest absolute Gasteiger partial charge is 0.279 e. The minimum absolute atomic E-state index is 0.0264. The lowest BCUT2D eigenvalue weighted by Gasteiger charge is -1.99. The Bertz CT molecular complexity index is 444. The number of benzene rings is 1. The van der Waals surface area contributed by atoms with Crippen LogP contribution in [0.4, 0.5) is 11.4 Å². The molecule has 1 aromatic rings. The number of hydrogen-bond donors (Lipinski definition) is 0. The largest absolute Gasteiger partial charge is 0.291 e. The van der Waals surface area contributed by atoms with Crippen molar-refractivity contribution in [3.8, 4) is 0 Å². The third-order valence-corrected chi connectivity index (χ3v) is 1.97. The fourth-order valence-electron chi connectivity index (χ4n) is 1.23. The third-order valence-electron chi connectivity index (χ3n) is 1.97. The van der Waals surface area contributed by atoms with Crippen molar-refractivity contribution in [2.45, 2.75) is 12.8 Å². The van der Waals surface area contributed by atoms with Crippen molar-refractivity contribution in [2.24, 2.45) is 0 Å². The average molecular weight is 223 g/mol. The Hall–Kier alpha value is -2.31. The van der Waals surface area contributed by atoms with Gasteiger partial charge in [-0.15, -0.1) is 0 Å². The highest BCUT2D eigenvalue weighted by atomic mass is 16.6. The molecular formula is C9H7N2O5. The lowest BCUT2D eigenvalue weighted by molar-refractivity contribution is -0.394. The van der Waals surface area contributed by atoms with E-state index in [0.717, 1.165) is 6.07 Å². The van der Waals surface area contributed by atoms with E-state index in [1.165, 1.54) is 12.1 Å². The molecule has 0 saturated carbocycles. The number of carbonyl (C=O) groups excluding carboxylic acids is 1. The quantitative estimate of drug-likeness (QED) is 0.556. The Morgan fingerprint density at radius 2 is 1.88 bits per heavy atom. The van der Waals surface area contributed by atoms with E-state index in [4.69, 9.17) is 0 Å². The maximum absolute atomic E-state index is 10.6. The van der Waals surface area contributed by atoms with Crippen LogP contribution in [0, 0.1) is 20.2 Å². The third kappa shape index (κ3) is 2.59. The SMILES string of the molecule is O=[C]CCc1ccc([N+](=O)[O-])cc1[N+](=O)[O-]. The molecule has 1 aromatic carbocycles. The first-order valence-electron chi connectivity index (χ1n) is 4.33. The monoisotopic (exact) mass is 223 g/mol. The maximum Gasteiger partial charge on any atom is 0.279 e. The van der Waals surface area contributed by atoms with E-state index >= 15 is 0 Å². The first-order valence-corrected chi connectivity index (χ1v) is 4.33. The first-order chi connectivity index (χ1) is 7.56. The summed E-state index contributed by atoms with van der Waals surface area (Å²) in [7, 11) is 0. The summed E-state index contributed by atoms with van der Waals surface area (Å²) in [6.45, 7) is 0. The lowest BCUT2D eigenvalue weighted by atomic mass is 10.1. The van der Waals surface area contributed by atoms with Crippen molar-refractivity contribution in [1.82, 2.24) is 0 Å². The normalized spacial score (nSPS) is 9.75. The van der Waals surface area contributed by atoms with Crippen molar-refractivity contribution in [3.05, 3.63) is 44.0 Å². The fourth-order valence-corrected chi connectivity index (χ4v) is 1.23. The summed E-state index contributed by atoms with van der Waals surface area (Å²) >= 11 is 0. The van der Waals surface area contributed by atoms with E-state index in [0.29, 0.717) is 5.56 Å². The van der Waals surface area contributed by atoms with E-state index in [1.807, 2.05) is 0 Å². The van der Waals surface area contributed by atoms with Crippen molar-refractivity contribution in [1.29, 1.82) is 0 Å². The summed E-state index contributed by atoms with van der Waals surface area (Å²) < 4.78 is 0. The van der Waals surface area contributed by atoms with Gasteiger partial charge in [-0.2, -0.15) is 0 Å². The van der Waals surface area contributed by atoms with Crippen LogP contribution in [0.25, 0.3) is 0 Å². The zero-order chi connectivity index (χ0) is 12.1. The number of hydrogen-bond acceptors (Lipinski definition) is 5. The number of nitro benzene ring substituents is 2. The molecule has 0 heterocycles. The molecule has 0 aliphatic heterocycles. The second kappa shape index (κ2) is 4.96. The van der Waals surface area contributed by atoms with Crippen molar-refractivity contribution in [3.63, 3.8) is 0 Å². The molecular weight excluding hydrogens is 216 g/mol. The number of non-ortho nitro benzene ring substituents is 1. The molecule has 0 saturated heterocycles. The fraction of sp³-hybridized carbons (Fsp3) is 0.222. The Morgan fingerprint density at radius 3 is 2.38 bits per heavy atom. The summed E-state index contributed by atoms with van der Waals surface area (Å²) in [5.41, 5.74) is -0.395. The van der Waals surface area contributed by atoms with Gasteiger partial charge in [0.1, 0.15) is 0 Å². The zero-order valence-corrected chi connectivity index (χ0v) is 8.08. The summed E-state index contributed by atoms with van der Waals surface area (Å²) in [5.74, 6) is 0. The molecule has 0 aromatic heterocycles. The van der Waals surface area contributed by atoms with Gasteiger partial charge >= 0.3 is 0 Å².